The van der Waals surface area contributed by atoms with Crippen molar-refractivity contribution < 1.29 is 9.53 Å². The number of rotatable bonds is 6. The molecule has 4 heteroatoms. The van der Waals surface area contributed by atoms with Crippen molar-refractivity contribution in [2.24, 2.45) is 0 Å². The van der Waals surface area contributed by atoms with Crippen molar-refractivity contribution >= 4 is 5.91 Å². The Balaban J connectivity index is 2.79. The van der Waals surface area contributed by atoms with E-state index in [0.717, 1.165) is 11.3 Å². The largest absolute Gasteiger partial charge is 0.481 e. The summed E-state index contributed by atoms with van der Waals surface area (Å²) in [7, 11) is 1.90. The topological polar surface area (TPSA) is 50.4 Å². The van der Waals surface area contributed by atoms with Crippen molar-refractivity contribution in [3.8, 4) is 5.75 Å². The molecule has 1 amide bonds. The second kappa shape index (κ2) is 7.14. The maximum atomic E-state index is 11.9. The quantitative estimate of drug-likeness (QED) is 0.828. The van der Waals surface area contributed by atoms with Gasteiger partial charge in [0.1, 0.15) is 5.75 Å². The Morgan fingerprint density at radius 2 is 1.79 bits per heavy atom. The van der Waals surface area contributed by atoms with E-state index >= 15 is 0 Å². The Labute approximate surface area is 115 Å². The van der Waals surface area contributed by atoms with Crippen LogP contribution in [0.15, 0.2) is 24.3 Å². The Bertz CT molecular complexity index is 418. The van der Waals surface area contributed by atoms with Crippen LogP contribution in [0, 0.1) is 0 Å². The van der Waals surface area contributed by atoms with E-state index in [2.05, 4.69) is 17.6 Å². The summed E-state index contributed by atoms with van der Waals surface area (Å²) in [6.45, 7) is 7.68. The van der Waals surface area contributed by atoms with Crippen molar-refractivity contribution in [2.75, 3.05) is 7.05 Å². The summed E-state index contributed by atoms with van der Waals surface area (Å²) >= 11 is 0. The SMILES string of the molecule is CNC(C)c1ccccc1OC(C)C(=O)NC(C)C. The van der Waals surface area contributed by atoms with Gasteiger partial charge in [-0.05, 0) is 40.8 Å². The number of carbonyl (C=O) groups is 1. The summed E-state index contributed by atoms with van der Waals surface area (Å²) in [5, 5.41) is 6.02. The molecule has 0 heterocycles. The molecule has 19 heavy (non-hydrogen) atoms. The first kappa shape index (κ1) is 15.5. The van der Waals surface area contributed by atoms with Gasteiger partial charge in [0, 0.05) is 17.6 Å². The summed E-state index contributed by atoms with van der Waals surface area (Å²) in [5.74, 6) is 0.651. The minimum atomic E-state index is -0.507. The standard InChI is InChI=1S/C15H24N2O2/c1-10(2)17-15(18)12(4)19-14-9-7-6-8-13(14)11(3)16-5/h6-12,16H,1-5H3,(H,17,18). The van der Waals surface area contributed by atoms with Gasteiger partial charge in [-0.1, -0.05) is 18.2 Å². The van der Waals surface area contributed by atoms with Crippen molar-refractivity contribution in [1.82, 2.24) is 10.6 Å². The number of nitrogens with one attached hydrogen (secondary N) is 2. The first-order valence-electron chi connectivity index (χ1n) is 6.69. The highest BCUT2D eigenvalue weighted by Gasteiger charge is 2.18. The van der Waals surface area contributed by atoms with Crippen LogP contribution in [-0.2, 0) is 4.79 Å². The number of ether oxygens (including phenoxy) is 1. The van der Waals surface area contributed by atoms with Crippen LogP contribution in [0.2, 0.25) is 0 Å². The molecule has 2 N–H and O–H groups in total. The summed E-state index contributed by atoms with van der Waals surface area (Å²) in [4.78, 5) is 11.9. The predicted molar refractivity (Wildman–Crippen MR) is 77.3 cm³/mol. The highest BCUT2D eigenvalue weighted by atomic mass is 16.5. The summed E-state index contributed by atoms with van der Waals surface area (Å²) in [6.07, 6.45) is -0.507. The number of carbonyl (C=O) groups excluding carboxylic acids is 1. The number of hydrogen-bond acceptors (Lipinski definition) is 3. The highest BCUT2D eigenvalue weighted by molar-refractivity contribution is 5.80. The Hall–Kier alpha value is -1.55. The molecule has 0 saturated heterocycles. The maximum absolute atomic E-state index is 11.9. The van der Waals surface area contributed by atoms with E-state index in [9.17, 15) is 4.79 Å². The normalized spacial score (nSPS) is 14.0. The van der Waals surface area contributed by atoms with Crippen LogP contribution in [0.5, 0.6) is 5.75 Å². The van der Waals surface area contributed by atoms with Crippen LogP contribution in [-0.4, -0.2) is 25.1 Å². The fraction of sp³-hybridized carbons (Fsp3) is 0.533. The monoisotopic (exact) mass is 264 g/mol. The van der Waals surface area contributed by atoms with E-state index < -0.39 is 6.10 Å². The molecule has 0 aliphatic rings. The molecule has 2 unspecified atom stereocenters. The first-order valence-corrected chi connectivity index (χ1v) is 6.69. The molecular formula is C15H24N2O2. The van der Waals surface area contributed by atoms with E-state index in [1.165, 1.54) is 0 Å². The van der Waals surface area contributed by atoms with Gasteiger partial charge in [0.2, 0.25) is 0 Å². The third kappa shape index (κ3) is 4.56. The molecule has 0 fully saturated rings. The second-order valence-electron chi connectivity index (χ2n) is 4.97. The van der Waals surface area contributed by atoms with Crippen molar-refractivity contribution in [2.45, 2.75) is 45.9 Å². The molecule has 0 aliphatic heterocycles. The fourth-order valence-corrected chi connectivity index (χ4v) is 1.75. The first-order chi connectivity index (χ1) is 8.95. The minimum absolute atomic E-state index is 0.0955. The van der Waals surface area contributed by atoms with Gasteiger partial charge in [-0.25, -0.2) is 0 Å². The molecule has 0 bridgehead atoms. The van der Waals surface area contributed by atoms with Gasteiger partial charge in [-0.2, -0.15) is 0 Å². The summed E-state index contributed by atoms with van der Waals surface area (Å²) in [5.41, 5.74) is 1.05. The number of amides is 1. The lowest BCUT2D eigenvalue weighted by Gasteiger charge is -2.20. The van der Waals surface area contributed by atoms with Gasteiger partial charge in [0.25, 0.3) is 5.91 Å². The Kier molecular flexibility index (Phi) is 5.83. The van der Waals surface area contributed by atoms with Crippen molar-refractivity contribution in [1.29, 1.82) is 0 Å². The lowest BCUT2D eigenvalue weighted by molar-refractivity contribution is -0.127. The zero-order chi connectivity index (χ0) is 14.4. The molecule has 2 atom stereocenters. The fourth-order valence-electron chi connectivity index (χ4n) is 1.75. The lowest BCUT2D eigenvalue weighted by Crippen LogP contribution is -2.40. The molecule has 0 aromatic heterocycles. The third-order valence-corrected chi connectivity index (χ3v) is 2.92. The van der Waals surface area contributed by atoms with Gasteiger partial charge in [-0.15, -0.1) is 0 Å². The number of para-hydroxylation sites is 1. The van der Waals surface area contributed by atoms with Gasteiger partial charge >= 0.3 is 0 Å². The van der Waals surface area contributed by atoms with Gasteiger partial charge in [-0.3, -0.25) is 4.79 Å². The van der Waals surface area contributed by atoms with Crippen LogP contribution in [0.4, 0.5) is 0 Å². The molecule has 0 radical (unpaired) electrons. The highest BCUT2D eigenvalue weighted by Crippen LogP contribution is 2.25. The maximum Gasteiger partial charge on any atom is 0.260 e. The molecular weight excluding hydrogens is 240 g/mol. The van der Waals surface area contributed by atoms with Crippen LogP contribution in [0.1, 0.15) is 39.3 Å². The molecule has 106 valence electrons. The lowest BCUT2D eigenvalue weighted by atomic mass is 10.1. The average Bonchev–Trinajstić information content (AvgIpc) is 2.37. The summed E-state index contributed by atoms with van der Waals surface area (Å²) < 4.78 is 5.78. The van der Waals surface area contributed by atoms with Crippen LogP contribution < -0.4 is 15.4 Å². The van der Waals surface area contributed by atoms with E-state index in [-0.39, 0.29) is 18.0 Å². The van der Waals surface area contributed by atoms with Gasteiger partial charge in [0.05, 0.1) is 0 Å². The number of hydrogen-bond donors (Lipinski definition) is 2. The molecule has 1 rings (SSSR count). The van der Waals surface area contributed by atoms with Gasteiger partial charge in [0.15, 0.2) is 6.10 Å². The molecule has 0 saturated carbocycles. The van der Waals surface area contributed by atoms with E-state index in [1.54, 1.807) is 6.92 Å². The summed E-state index contributed by atoms with van der Waals surface area (Å²) in [6, 6.07) is 8.07. The Morgan fingerprint density at radius 3 is 2.37 bits per heavy atom. The van der Waals surface area contributed by atoms with E-state index in [0.29, 0.717) is 0 Å². The molecule has 1 aromatic rings. The zero-order valence-corrected chi connectivity index (χ0v) is 12.4. The van der Waals surface area contributed by atoms with E-state index in [4.69, 9.17) is 4.74 Å². The van der Waals surface area contributed by atoms with Gasteiger partial charge < -0.3 is 15.4 Å². The van der Waals surface area contributed by atoms with Crippen molar-refractivity contribution in [3.05, 3.63) is 29.8 Å². The third-order valence-electron chi connectivity index (χ3n) is 2.92. The molecule has 1 aromatic carbocycles. The molecule has 4 nitrogen and oxygen atoms in total. The average molecular weight is 264 g/mol. The smallest absolute Gasteiger partial charge is 0.260 e. The van der Waals surface area contributed by atoms with Crippen LogP contribution in [0.25, 0.3) is 0 Å². The predicted octanol–water partition coefficient (Wildman–Crippen LogP) is 2.26. The Morgan fingerprint density at radius 1 is 1.16 bits per heavy atom. The molecule has 0 aliphatic carbocycles. The molecule has 0 spiro atoms. The van der Waals surface area contributed by atoms with Crippen LogP contribution in [0.3, 0.4) is 0 Å². The number of benzene rings is 1. The van der Waals surface area contributed by atoms with Crippen LogP contribution >= 0.6 is 0 Å². The minimum Gasteiger partial charge on any atom is -0.481 e. The van der Waals surface area contributed by atoms with E-state index in [1.807, 2.05) is 45.2 Å². The zero-order valence-electron chi connectivity index (χ0n) is 12.4. The van der Waals surface area contributed by atoms with Crippen molar-refractivity contribution in [3.63, 3.8) is 0 Å². The second-order valence-corrected chi connectivity index (χ2v) is 4.97.